The molecule has 5 heterocycles. The average Bonchev–Trinajstić information content (AvgIpc) is 1.76. The first-order valence-electron chi connectivity index (χ1n) is 28.5. The van der Waals surface area contributed by atoms with Gasteiger partial charge in [-0.25, -0.2) is 9.79 Å². The van der Waals surface area contributed by atoms with Crippen LogP contribution in [0, 0.1) is 36.5 Å². The van der Waals surface area contributed by atoms with E-state index in [2.05, 4.69) is 29.1 Å². The number of hydrogen-bond donors (Lipinski definition) is 4. The van der Waals surface area contributed by atoms with Gasteiger partial charge in [-0.15, -0.1) is 0 Å². The smallest absolute Gasteiger partial charge is 0.410 e. The number of aromatic hydroxyl groups is 2. The predicted molar refractivity (Wildman–Crippen MR) is 309 cm³/mol. The summed E-state index contributed by atoms with van der Waals surface area (Å²) in [6, 6.07) is 15.9. The van der Waals surface area contributed by atoms with E-state index in [1.54, 1.807) is 53.7 Å². The van der Waals surface area contributed by atoms with Crippen LogP contribution in [0.25, 0.3) is 21.9 Å². The van der Waals surface area contributed by atoms with Crippen molar-refractivity contribution in [3.8, 4) is 28.4 Å². The van der Waals surface area contributed by atoms with Gasteiger partial charge < -0.3 is 58.9 Å². The van der Waals surface area contributed by atoms with Crippen LogP contribution in [0.2, 0.25) is 0 Å². The van der Waals surface area contributed by atoms with Gasteiger partial charge in [0.1, 0.15) is 53.2 Å². The van der Waals surface area contributed by atoms with E-state index in [1.165, 1.54) is 46.4 Å². The number of nitrogens with one attached hydrogen (secondary N) is 1. The summed E-state index contributed by atoms with van der Waals surface area (Å²) < 4.78 is 36.5. The summed E-state index contributed by atoms with van der Waals surface area (Å²) >= 11 is 0. The van der Waals surface area contributed by atoms with Gasteiger partial charge in [0.15, 0.2) is 5.75 Å². The van der Waals surface area contributed by atoms with Crippen LogP contribution in [0.5, 0.6) is 17.2 Å². The molecule has 0 unspecified atom stereocenters. The number of amides is 2. The minimum atomic E-state index is -2.02. The van der Waals surface area contributed by atoms with Gasteiger partial charge in [-0.05, 0) is 48.1 Å². The summed E-state index contributed by atoms with van der Waals surface area (Å²) in [5, 5.41) is 40.2. The molecule has 2 amide bonds. The number of carbonyl (C=O) groups excluding carboxylic acids is 5. The summed E-state index contributed by atoms with van der Waals surface area (Å²) in [6.45, 7) is 18.8. The van der Waals surface area contributed by atoms with Gasteiger partial charge in [0.05, 0.1) is 35.1 Å². The predicted octanol–water partition coefficient (Wildman–Crippen LogP) is 8.18. The Morgan fingerprint density at radius 3 is 2.14 bits per heavy atom. The minimum absolute atomic E-state index is 0.0209. The number of esters is 2. The van der Waals surface area contributed by atoms with Gasteiger partial charge in [0.2, 0.25) is 0 Å². The molecule has 5 bridgehead atoms. The average molecular weight is 1140 g/mol. The number of aliphatic hydroxyl groups is 1. The van der Waals surface area contributed by atoms with E-state index in [-0.39, 0.29) is 62.1 Å². The number of aliphatic hydroxyl groups excluding tert-OH is 1. The molecule has 1 spiro atoms. The second-order valence-electron chi connectivity index (χ2n) is 23.6. The Labute approximate surface area is 483 Å². The molecule has 0 radical (unpaired) electrons. The molecule has 1 saturated heterocycles. The maximum absolute atomic E-state index is 15.0. The third-order valence-corrected chi connectivity index (χ3v) is 17.2. The largest absolute Gasteiger partial charge is 0.507 e. The van der Waals surface area contributed by atoms with Gasteiger partial charge in [-0.2, -0.15) is 0 Å². The molecule has 9 atom stereocenters. The van der Waals surface area contributed by atoms with Crippen molar-refractivity contribution in [2.45, 2.75) is 124 Å². The van der Waals surface area contributed by atoms with E-state index >= 15 is 0 Å². The van der Waals surface area contributed by atoms with Crippen LogP contribution >= 0.6 is 0 Å². The zero-order valence-electron chi connectivity index (χ0n) is 49.4. The van der Waals surface area contributed by atoms with Crippen molar-refractivity contribution in [2.75, 3.05) is 52.3 Å². The fourth-order valence-corrected chi connectivity index (χ4v) is 12.6. The third-order valence-electron chi connectivity index (χ3n) is 17.2. The zero-order valence-corrected chi connectivity index (χ0v) is 49.4. The van der Waals surface area contributed by atoms with Crippen molar-refractivity contribution in [1.82, 2.24) is 9.80 Å². The second kappa shape index (κ2) is 23.9. The normalized spacial score (nSPS) is 27.5. The van der Waals surface area contributed by atoms with Crippen molar-refractivity contribution >= 4 is 46.2 Å². The Balaban J connectivity index is 1.07. The first kappa shape index (κ1) is 60.0. The number of anilines is 1. The van der Waals surface area contributed by atoms with Crippen LogP contribution in [0.15, 0.2) is 94.7 Å². The first-order chi connectivity index (χ1) is 39.4. The number of Topliss-reactive ketones (excluding diaryl/α,β-unsaturated/α-hetero) is 1. The number of allylic oxidation sites excluding steroid dienone is 2. The van der Waals surface area contributed by atoms with Crippen LogP contribution in [0.1, 0.15) is 108 Å². The van der Waals surface area contributed by atoms with Crippen molar-refractivity contribution in [3.05, 3.63) is 118 Å². The number of fused-ring (bicyclic) bond motifs is 16. The van der Waals surface area contributed by atoms with Crippen LogP contribution in [0.3, 0.4) is 0 Å². The lowest BCUT2D eigenvalue weighted by Crippen LogP contribution is -2.48. The van der Waals surface area contributed by atoms with Crippen LogP contribution < -0.4 is 20.8 Å². The molecule has 0 aromatic heterocycles. The molecule has 6 aliphatic rings. The van der Waals surface area contributed by atoms with Gasteiger partial charge in [-0.3, -0.25) is 24.2 Å². The number of ketones is 1. The monoisotopic (exact) mass is 1140 g/mol. The Morgan fingerprint density at radius 2 is 1.52 bits per heavy atom. The fourth-order valence-electron chi connectivity index (χ4n) is 12.6. The van der Waals surface area contributed by atoms with E-state index in [0.717, 1.165) is 33.7 Å². The maximum Gasteiger partial charge on any atom is 0.410 e. The van der Waals surface area contributed by atoms with E-state index in [0.29, 0.717) is 31.8 Å². The lowest BCUT2D eigenvalue weighted by Gasteiger charge is -2.39. The molecule has 442 valence electrons. The molecule has 5 aliphatic heterocycles. The molecule has 0 saturated carbocycles. The van der Waals surface area contributed by atoms with E-state index in [4.69, 9.17) is 33.4 Å². The summed E-state index contributed by atoms with van der Waals surface area (Å²) in [5.41, 5.74) is 3.84. The summed E-state index contributed by atoms with van der Waals surface area (Å²) in [6.07, 6.45) is 3.66. The van der Waals surface area contributed by atoms with E-state index in [1.807, 2.05) is 48.5 Å². The number of hydrogen-bond acceptors (Lipinski definition) is 17. The number of phenolic OH excluding ortho intramolecular Hbond substituents is 2. The summed E-state index contributed by atoms with van der Waals surface area (Å²) in [5.74, 6) is -8.61. The molecular weight excluding hydrogens is 1060 g/mol. The third kappa shape index (κ3) is 11.6. The highest BCUT2D eigenvalue weighted by Crippen LogP contribution is 2.52. The zero-order chi connectivity index (χ0) is 60.0. The molecule has 83 heavy (non-hydrogen) atoms. The number of piperidine rings is 1. The first-order valence-corrected chi connectivity index (χ1v) is 28.5. The standard InChI is InChI=1S/C64H77N5O14/c1-33(2)30-69-27-25-64(26-28-69)66-51-48-49-55(73)39(8)59-50(48)60(75)63(10,83-59)80-29-24-46(78-12)36(5)58(81-40(9)70)38(7)54(72)37(6)57(34(3)18-17-19-35(4)61(76)65-53(56(49)74)52(51)67-64)82-47(71)31-68(11)62(77)79-32-45-43-22-15-13-20-41(43)42-21-14-16-23-44(42)45/h13-24,29,33-34,36-38,45-46,54,57-58,66,72-74H,25-28,30-32H2,1-12H3/b18-17+,29-24+,35-19-,65-53?/t34-,36+,37-,38+,46-,54+,57-,58+,63-/m0/s1. The molecule has 4 N–H and O–H groups in total. The van der Waals surface area contributed by atoms with Crippen molar-refractivity contribution < 1.29 is 67.7 Å². The van der Waals surface area contributed by atoms with Crippen LogP contribution in [-0.4, -0.2) is 138 Å². The van der Waals surface area contributed by atoms with Crippen molar-refractivity contribution in [3.63, 3.8) is 0 Å². The van der Waals surface area contributed by atoms with Gasteiger partial charge in [0.25, 0.3) is 11.7 Å². The molecule has 4 aromatic rings. The van der Waals surface area contributed by atoms with Crippen molar-refractivity contribution in [1.29, 1.82) is 0 Å². The molecule has 4 aromatic carbocycles. The molecule has 19 heteroatoms. The quantitative estimate of drug-likeness (QED) is 0.0701. The van der Waals surface area contributed by atoms with Gasteiger partial charge in [0, 0.05) is 107 Å². The highest BCUT2D eigenvalue weighted by atomic mass is 16.7. The number of nitrogens with zero attached hydrogens (tertiary/aromatic N) is 4. The highest BCUT2D eigenvalue weighted by Gasteiger charge is 2.51. The van der Waals surface area contributed by atoms with Gasteiger partial charge in [-0.1, -0.05) is 108 Å². The molecule has 1 aliphatic carbocycles. The second-order valence-corrected chi connectivity index (χ2v) is 23.6. The summed E-state index contributed by atoms with van der Waals surface area (Å²) in [4.78, 5) is 83.0. The molecule has 1 fully saturated rings. The SMILES string of the molecule is CO[C@H]1/C=C/O[C@@]2(C)Oc3c(C)c(O)c4c(O)c(c5c(c4c3C2=O)NC2(CCN(CC(C)C)CC2)N=5)=NC(=O)/C(C)=C\C=C\[C@H](C)[C@H](OC(=O)CN(C)C(=O)OCC2c3ccccc3-c3ccccc32)[C@@H](C)[C@@H](O)[C@@H](C)[C@H](OC(C)=O)[C@@H]1C. The van der Waals surface area contributed by atoms with E-state index < -0.39 is 107 Å². The van der Waals surface area contributed by atoms with Gasteiger partial charge >= 0.3 is 23.8 Å². The number of phenols is 2. The summed E-state index contributed by atoms with van der Waals surface area (Å²) in [7, 11) is 2.88. The number of rotatable bonds is 9. The number of carbonyl (C=O) groups is 5. The topological polar surface area (TPSA) is 245 Å². The Morgan fingerprint density at radius 1 is 0.880 bits per heavy atom. The number of benzene rings is 4. The Kier molecular flexibility index (Phi) is 17.3. The number of ether oxygens (including phenoxy) is 6. The van der Waals surface area contributed by atoms with Crippen LogP contribution in [0.4, 0.5) is 10.5 Å². The van der Waals surface area contributed by atoms with Crippen LogP contribution in [-0.2, 0) is 38.1 Å². The molecular formula is C64H77N5O14. The highest BCUT2D eigenvalue weighted by molar-refractivity contribution is 6.21. The Hall–Kier alpha value is -7.61. The molecule has 19 nitrogen and oxygen atoms in total. The number of methoxy groups -OCH3 is 1. The van der Waals surface area contributed by atoms with E-state index in [9.17, 15) is 39.3 Å². The van der Waals surface area contributed by atoms with Crippen molar-refractivity contribution in [2.24, 2.45) is 39.6 Å². The lowest BCUT2D eigenvalue weighted by molar-refractivity contribution is -0.165. The lowest BCUT2D eigenvalue weighted by atomic mass is 9.78. The fraction of sp³-hybridized carbons (Fsp3) is 0.484. The minimum Gasteiger partial charge on any atom is -0.507 e. The Bertz CT molecular complexity index is 3410. The number of likely N-dealkylation sites (tertiary alicyclic amines) is 1. The molecule has 10 rings (SSSR count). The maximum atomic E-state index is 15.0. The number of likely N-dealkylation sites (N-methyl/N-ethyl adjacent to an activating group) is 1.